The second-order valence-electron chi connectivity index (χ2n) is 11.4. The van der Waals surface area contributed by atoms with Crippen LogP contribution in [0, 0.1) is 0 Å². The maximum absolute atomic E-state index is 14.4. The van der Waals surface area contributed by atoms with Gasteiger partial charge in [0.25, 0.3) is 11.5 Å². The normalized spacial score (nSPS) is 14.6. The summed E-state index contributed by atoms with van der Waals surface area (Å²) in [5, 5.41) is 15.1. The molecule has 2 N–H and O–H groups in total. The predicted molar refractivity (Wildman–Crippen MR) is 191 cm³/mol. The third kappa shape index (κ3) is 5.94. The lowest BCUT2D eigenvalue weighted by atomic mass is 9.94. The highest BCUT2D eigenvalue weighted by Crippen LogP contribution is 2.36. The van der Waals surface area contributed by atoms with Crippen LogP contribution in [0.1, 0.15) is 36.6 Å². The van der Waals surface area contributed by atoms with Crippen molar-refractivity contribution in [1.82, 2.24) is 9.13 Å². The molecule has 10 heteroatoms. The number of rotatable bonds is 8. The molecule has 0 unspecified atom stereocenters. The highest BCUT2D eigenvalue weighted by atomic mass is 35.5. The van der Waals surface area contributed by atoms with E-state index in [4.69, 9.17) is 21.3 Å². The molecule has 0 bridgehead atoms. The van der Waals surface area contributed by atoms with Crippen molar-refractivity contribution in [2.75, 3.05) is 11.9 Å². The highest BCUT2D eigenvalue weighted by molar-refractivity contribution is 7.07. The van der Waals surface area contributed by atoms with Gasteiger partial charge in [-0.15, -0.1) is 0 Å². The molecule has 0 spiro atoms. The minimum Gasteiger partial charge on any atom is -0.504 e. The number of aromatic nitrogens is 2. The number of amides is 1. The molecule has 0 aliphatic carbocycles. The molecule has 0 saturated heterocycles. The molecular weight excluding hydrogens is 644 g/mol. The second-order valence-corrected chi connectivity index (χ2v) is 12.9. The minimum absolute atomic E-state index is 0.0287. The standard InChI is InChI=1S/C38H31ClN4O4S/c1-3-47-32-19-25(15-18-31(32)44)35-34(36(45)41-28-9-5-4-6-10-28)23(2)40-38-43(35)37(46)33(48-38)20-26-22-42(30-12-8-7-11-29(26)30)21-24-13-16-27(39)17-14-24/h4-20,22,35,44H,3,21H2,1-2H3,(H,41,45)/b33-20-/t35-/m1/s1. The van der Waals surface area contributed by atoms with E-state index in [0.29, 0.717) is 50.0 Å². The molecule has 4 aromatic carbocycles. The maximum atomic E-state index is 14.4. The van der Waals surface area contributed by atoms with Crippen LogP contribution < -0.4 is 24.9 Å². The Morgan fingerprint density at radius 2 is 1.79 bits per heavy atom. The number of hydrogen-bond acceptors (Lipinski definition) is 6. The van der Waals surface area contributed by atoms with Gasteiger partial charge in [-0.25, -0.2) is 4.99 Å². The number of allylic oxidation sites excluding steroid dienone is 1. The smallest absolute Gasteiger partial charge is 0.271 e. The maximum Gasteiger partial charge on any atom is 0.271 e. The van der Waals surface area contributed by atoms with Crippen LogP contribution in [-0.2, 0) is 11.3 Å². The van der Waals surface area contributed by atoms with Gasteiger partial charge < -0.3 is 19.7 Å². The number of anilines is 1. The Kier molecular flexibility index (Phi) is 8.47. The Morgan fingerprint density at radius 3 is 2.56 bits per heavy atom. The highest BCUT2D eigenvalue weighted by Gasteiger charge is 2.33. The molecule has 240 valence electrons. The van der Waals surface area contributed by atoms with Crippen molar-refractivity contribution in [2.45, 2.75) is 26.4 Å². The molecular formula is C38H31ClN4O4S. The largest absolute Gasteiger partial charge is 0.504 e. The monoisotopic (exact) mass is 674 g/mol. The Bertz CT molecular complexity index is 2390. The zero-order valence-corrected chi connectivity index (χ0v) is 27.8. The van der Waals surface area contributed by atoms with Crippen LogP contribution in [0.3, 0.4) is 0 Å². The van der Waals surface area contributed by atoms with Crippen molar-refractivity contribution < 1.29 is 14.6 Å². The lowest BCUT2D eigenvalue weighted by Gasteiger charge is -2.26. The van der Waals surface area contributed by atoms with E-state index in [-0.39, 0.29) is 23.0 Å². The van der Waals surface area contributed by atoms with E-state index in [9.17, 15) is 14.7 Å². The zero-order valence-electron chi connectivity index (χ0n) is 26.2. The fourth-order valence-electron chi connectivity index (χ4n) is 6.07. The van der Waals surface area contributed by atoms with E-state index < -0.39 is 6.04 Å². The van der Waals surface area contributed by atoms with Crippen molar-refractivity contribution in [2.24, 2.45) is 4.99 Å². The first-order valence-electron chi connectivity index (χ1n) is 15.5. The number of ether oxygens (including phenoxy) is 1. The van der Waals surface area contributed by atoms with Gasteiger partial charge in [0.15, 0.2) is 16.3 Å². The number of hydrogen-bond donors (Lipinski definition) is 2. The van der Waals surface area contributed by atoms with Crippen molar-refractivity contribution >= 4 is 51.5 Å². The van der Waals surface area contributed by atoms with Crippen LogP contribution in [0.25, 0.3) is 17.0 Å². The number of phenolic OH excluding ortho intramolecular Hbond substituents is 1. The van der Waals surface area contributed by atoms with E-state index >= 15 is 0 Å². The van der Waals surface area contributed by atoms with E-state index in [2.05, 4.69) is 16.0 Å². The molecule has 7 rings (SSSR count). The number of nitrogens with zero attached hydrogens (tertiary/aromatic N) is 3. The summed E-state index contributed by atoms with van der Waals surface area (Å²) >= 11 is 7.39. The first-order valence-corrected chi connectivity index (χ1v) is 16.7. The Hall–Kier alpha value is -5.38. The van der Waals surface area contributed by atoms with Gasteiger partial charge in [-0.1, -0.05) is 77.5 Å². The number of para-hydroxylation sites is 2. The second kappa shape index (κ2) is 13.0. The molecule has 1 amide bonds. The summed E-state index contributed by atoms with van der Waals surface area (Å²) in [6.45, 7) is 4.57. The molecule has 1 atom stereocenters. The van der Waals surface area contributed by atoms with Crippen molar-refractivity contribution in [3.05, 3.63) is 156 Å². The molecule has 0 fully saturated rings. The van der Waals surface area contributed by atoms with Crippen LogP contribution in [0.2, 0.25) is 5.02 Å². The number of carbonyl (C=O) groups is 1. The number of benzene rings is 4. The van der Waals surface area contributed by atoms with Gasteiger partial charge in [0.05, 0.1) is 28.5 Å². The molecule has 0 radical (unpaired) electrons. The van der Waals surface area contributed by atoms with Gasteiger partial charge in [-0.05, 0) is 73.5 Å². The van der Waals surface area contributed by atoms with Crippen molar-refractivity contribution in [3.63, 3.8) is 0 Å². The third-order valence-electron chi connectivity index (χ3n) is 8.27. The van der Waals surface area contributed by atoms with Gasteiger partial charge in [0.2, 0.25) is 0 Å². The SMILES string of the molecule is CCOc1cc([C@@H]2C(C(=O)Nc3ccccc3)=C(C)N=c3s/c(=C\c4cn(Cc5ccc(Cl)cc5)c5ccccc45)c(=O)n32)ccc1O. The quantitative estimate of drug-likeness (QED) is 0.189. The molecule has 1 aliphatic heterocycles. The Labute approximate surface area is 285 Å². The van der Waals surface area contributed by atoms with Crippen molar-refractivity contribution in [1.29, 1.82) is 0 Å². The number of aromatic hydroxyl groups is 1. The van der Waals surface area contributed by atoms with Crippen LogP contribution in [0.5, 0.6) is 11.5 Å². The molecule has 1 aliphatic rings. The zero-order chi connectivity index (χ0) is 33.4. The number of carbonyl (C=O) groups excluding carboxylic acids is 1. The molecule has 3 heterocycles. The molecule has 48 heavy (non-hydrogen) atoms. The van der Waals surface area contributed by atoms with Crippen LogP contribution in [0.4, 0.5) is 5.69 Å². The summed E-state index contributed by atoms with van der Waals surface area (Å²) in [5.41, 5.74) is 4.79. The fourth-order valence-corrected chi connectivity index (χ4v) is 7.23. The van der Waals surface area contributed by atoms with Gasteiger partial charge in [0.1, 0.15) is 0 Å². The molecule has 0 saturated carbocycles. The average Bonchev–Trinajstić information content (AvgIpc) is 3.58. The van der Waals surface area contributed by atoms with Gasteiger partial charge in [-0.3, -0.25) is 14.2 Å². The van der Waals surface area contributed by atoms with E-state index in [0.717, 1.165) is 22.0 Å². The Morgan fingerprint density at radius 1 is 1.04 bits per heavy atom. The molecule has 6 aromatic rings. The van der Waals surface area contributed by atoms with Gasteiger partial charge in [0, 0.05) is 39.9 Å². The lowest BCUT2D eigenvalue weighted by Crippen LogP contribution is -2.40. The van der Waals surface area contributed by atoms with Crippen LogP contribution >= 0.6 is 22.9 Å². The fraction of sp³-hybridized carbons (Fsp3) is 0.132. The summed E-state index contributed by atoms with van der Waals surface area (Å²) in [7, 11) is 0. The third-order valence-corrected chi connectivity index (χ3v) is 9.50. The molecule has 8 nitrogen and oxygen atoms in total. The molecule has 2 aromatic heterocycles. The summed E-state index contributed by atoms with van der Waals surface area (Å²) in [6.07, 6.45) is 3.94. The number of nitrogens with one attached hydrogen (secondary N) is 1. The number of fused-ring (bicyclic) bond motifs is 2. The van der Waals surface area contributed by atoms with Crippen LogP contribution in [-0.4, -0.2) is 26.8 Å². The van der Waals surface area contributed by atoms with E-state index in [1.165, 1.54) is 17.4 Å². The topological polar surface area (TPSA) is 97.9 Å². The summed E-state index contributed by atoms with van der Waals surface area (Å²) in [5.74, 6) is -0.139. The predicted octanol–water partition coefficient (Wildman–Crippen LogP) is 6.63. The summed E-state index contributed by atoms with van der Waals surface area (Å²) in [6, 6.07) is 29.1. The van der Waals surface area contributed by atoms with E-state index in [1.54, 1.807) is 35.8 Å². The average molecular weight is 675 g/mol. The number of thiazole rings is 1. The number of phenols is 1. The number of halogens is 1. The lowest BCUT2D eigenvalue weighted by molar-refractivity contribution is -0.113. The van der Waals surface area contributed by atoms with Gasteiger partial charge >= 0.3 is 0 Å². The van der Waals surface area contributed by atoms with Crippen LogP contribution in [0.15, 0.2) is 124 Å². The first kappa shape index (κ1) is 31.2. The minimum atomic E-state index is -0.821. The van der Waals surface area contributed by atoms with Crippen molar-refractivity contribution in [3.8, 4) is 11.5 Å². The van der Waals surface area contributed by atoms with E-state index in [1.807, 2.05) is 79.9 Å². The van der Waals surface area contributed by atoms with Gasteiger partial charge in [-0.2, -0.15) is 0 Å². The summed E-state index contributed by atoms with van der Waals surface area (Å²) < 4.78 is 9.90. The summed E-state index contributed by atoms with van der Waals surface area (Å²) in [4.78, 5) is 33.6. The Balaban J connectivity index is 1.37. The first-order chi connectivity index (χ1) is 23.3.